The molecule has 4 heteroatoms. The number of carbonyl (C=O) groups is 1. The second-order valence-electron chi connectivity index (χ2n) is 4.28. The summed E-state index contributed by atoms with van der Waals surface area (Å²) in [4.78, 5) is 12.2. The number of rotatable bonds is 5. The number of hydrogen-bond donors (Lipinski definition) is 1. The van der Waals surface area contributed by atoms with E-state index in [9.17, 15) is 4.79 Å². The first kappa shape index (κ1) is 14.0. The maximum absolute atomic E-state index is 12.2. The number of likely N-dealkylation sites (N-methyl/N-ethyl adjacent to an activating group) is 1. The fourth-order valence-corrected chi connectivity index (χ4v) is 1.62. The van der Waals surface area contributed by atoms with Crippen LogP contribution in [0.15, 0.2) is 18.2 Å². The number of Topliss-reactive ketones (excluding diaryl/α,β-unsaturated/α-hetero) is 1. The minimum Gasteiger partial charge on any atom is -0.492 e. The van der Waals surface area contributed by atoms with Gasteiger partial charge in [0.2, 0.25) is 0 Å². The van der Waals surface area contributed by atoms with Gasteiger partial charge in [-0.1, -0.05) is 11.6 Å². The van der Waals surface area contributed by atoms with Crippen LogP contribution in [0.1, 0.15) is 31.1 Å². The predicted octanol–water partition coefficient (Wildman–Crippen LogP) is 2.92. The van der Waals surface area contributed by atoms with Gasteiger partial charge in [0.1, 0.15) is 5.75 Å². The zero-order valence-corrected chi connectivity index (χ0v) is 11.4. The predicted molar refractivity (Wildman–Crippen MR) is 70.1 cm³/mol. The van der Waals surface area contributed by atoms with Crippen LogP contribution in [-0.2, 0) is 0 Å². The fraction of sp³-hybridized carbons (Fsp3) is 0.462. The number of carbonyl (C=O) groups excluding carboxylic acids is 1. The first-order valence-corrected chi connectivity index (χ1v) is 5.96. The Morgan fingerprint density at radius 2 is 2.12 bits per heavy atom. The molecule has 0 spiro atoms. The average Bonchev–Trinajstić information content (AvgIpc) is 2.31. The summed E-state index contributed by atoms with van der Waals surface area (Å²) in [6, 6.07) is 5.11. The Morgan fingerprint density at radius 1 is 1.47 bits per heavy atom. The lowest BCUT2D eigenvalue weighted by atomic mass is 9.93. The van der Waals surface area contributed by atoms with Crippen LogP contribution in [-0.4, -0.2) is 25.0 Å². The standard InChI is InChI=1S/C13H18ClNO2/c1-5-17-11-7-6-9(8-10(11)14)12(16)13(2,3)15-4/h6-8,15H,5H2,1-4H3. The van der Waals surface area contributed by atoms with Crippen molar-refractivity contribution in [2.24, 2.45) is 0 Å². The first-order chi connectivity index (χ1) is 7.92. The van der Waals surface area contributed by atoms with Gasteiger partial charge in [-0.15, -0.1) is 0 Å². The van der Waals surface area contributed by atoms with Gasteiger partial charge in [0.25, 0.3) is 0 Å². The van der Waals surface area contributed by atoms with Crippen molar-refractivity contribution in [1.82, 2.24) is 5.32 Å². The average molecular weight is 256 g/mol. The van der Waals surface area contributed by atoms with Crippen molar-refractivity contribution < 1.29 is 9.53 Å². The van der Waals surface area contributed by atoms with Crippen LogP contribution in [0.4, 0.5) is 0 Å². The topological polar surface area (TPSA) is 38.3 Å². The molecule has 0 aliphatic carbocycles. The van der Waals surface area contributed by atoms with Crippen molar-refractivity contribution in [2.45, 2.75) is 26.3 Å². The molecule has 0 aromatic heterocycles. The van der Waals surface area contributed by atoms with Crippen LogP contribution >= 0.6 is 11.6 Å². The molecule has 1 aromatic rings. The van der Waals surface area contributed by atoms with E-state index in [1.165, 1.54) is 0 Å². The van der Waals surface area contributed by atoms with Crippen LogP contribution in [0.25, 0.3) is 0 Å². The molecule has 0 amide bonds. The summed E-state index contributed by atoms with van der Waals surface area (Å²) in [7, 11) is 1.76. The van der Waals surface area contributed by atoms with E-state index in [0.717, 1.165) is 0 Å². The van der Waals surface area contributed by atoms with Crippen LogP contribution < -0.4 is 10.1 Å². The Morgan fingerprint density at radius 3 is 2.59 bits per heavy atom. The van der Waals surface area contributed by atoms with E-state index in [0.29, 0.717) is 22.9 Å². The molecule has 0 bridgehead atoms. The lowest BCUT2D eigenvalue weighted by Crippen LogP contribution is -2.44. The summed E-state index contributed by atoms with van der Waals surface area (Å²) in [5.74, 6) is 0.609. The lowest BCUT2D eigenvalue weighted by Gasteiger charge is -2.22. The highest BCUT2D eigenvalue weighted by Crippen LogP contribution is 2.27. The van der Waals surface area contributed by atoms with E-state index in [1.54, 1.807) is 25.2 Å². The number of benzene rings is 1. The van der Waals surface area contributed by atoms with E-state index < -0.39 is 5.54 Å². The van der Waals surface area contributed by atoms with Crippen molar-refractivity contribution in [3.05, 3.63) is 28.8 Å². The zero-order valence-electron chi connectivity index (χ0n) is 10.6. The molecule has 17 heavy (non-hydrogen) atoms. The molecule has 0 fully saturated rings. The van der Waals surface area contributed by atoms with Gasteiger partial charge in [-0.3, -0.25) is 4.79 Å². The summed E-state index contributed by atoms with van der Waals surface area (Å²) < 4.78 is 5.32. The number of ether oxygens (including phenoxy) is 1. The Bertz CT molecular complexity index is 416. The van der Waals surface area contributed by atoms with Crippen LogP contribution in [0.5, 0.6) is 5.75 Å². The molecular weight excluding hydrogens is 238 g/mol. The lowest BCUT2D eigenvalue weighted by molar-refractivity contribution is 0.0889. The molecular formula is C13H18ClNO2. The molecule has 0 atom stereocenters. The normalized spacial score (nSPS) is 11.4. The molecule has 0 aliphatic heterocycles. The molecule has 0 saturated heterocycles. The number of halogens is 1. The zero-order chi connectivity index (χ0) is 13.1. The van der Waals surface area contributed by atoms with Gasteiger partial charge < -0.3 is 10.1 Å². The summed E-state index contributed by atoms with van der Waals surface area (Å²) >= 11 is 6.05. The highest BCUT2D eigenvalue weighted by atomic mass is 35.5. The summed E-state index contributed by atoms with van der Waals surface area (Å²) in [6.45, 7) is 6.11. The Balaban J connectivity index is 3.02. The summed E-state index contributed by atoms with van der Waals surface area (Å²) in [5.41, 5.74) is -0.0194. The smallest absolute Gasteiger partial charge is 0.182 e. The van der Waals surface area contributed by atoms with Crippen molar-refractivity contribution in [3.8, 4) is 5.75 Å². The van der Waals surface area contributed by atoms with Gasteiger partial charge in [-0.25, -0.2) is 0 Å². The first-order valence-electron chi connectivity index (χ1n) is 5.58. The molecule has 0 heterocycles. The monoisotopic (exact) mass is 255 g/mol. The molecule has 1 rings (SSSR count). The third kappa shape index (κ3) is 3.20. The van der Waals surface area contributed by atoms with Gasteiger partial charge >= 0.3 is 0 Å². The molecule has 0 aliphatic rings. The Kier molecular flexibility index (Phi) is 4.54. The van der Waals surface area contributed by atoms with Gasteiger partial charge in [0, 0.05) is 5.56 Å². The third-order valence-electron chi connectivity index (χ3n) is 2.69. The van der Waals surface area contributed by atoms with E-state index in [1.807, 2.05) is 20.8 Å². The fourth-order valence-electron chi connectivity index (χ4n) is 1.39. The summed E-state index contributed by atoms with van der Waals surface area (Å²) in [6.07, 6.45) is 0. The largest absolute Gasteiger partial charge is 0.492 e. The Labute approximate surface area is 107 Å². The molecule has 0 unspecified atom stereocenters. The second-order valence-corrected chi connectivity index (χ2v) is 4.69. The van der Waals surface area contributed by atoms with Crippen molar-refractivity contribution in [3.63, 3.8) is 0 Å². The minimum absolute atomic E-state index is 0.00458. The minimum atomic E-state index is -0.601. The number of nitrogens with one attached hydrogen (secondary N) is 1. The van der Waals surface area contributed by atoms with E-state index >= 15 is 0 Å². The maximum Gasteiger partial charge on any atom is 0.182 e. The van der Waals surface area contributed by atoms with Gasteiger partial charge in [0.05, 0.1) is 17.2 Å². The SMILES string of the molecule is CCOc1ccc(C(=O)C(C)(C)NC)cc1Cl. The number of ketones is 1. The maximum atomic E-state index is 12.2. The van der Waals surface area contributed by atoms with Crippen molar-refractivity contribution >= 4 is 17.4 Å². The van der Waals surface area contributed by atoms with E-state index in [2.05, 4.69) is 5.32 Å². The summed E-state index contributed by atoms with van der Waals surface area (Å²) in [5, 5.41) is 3.44. The highest BCUT2D eigenvalue weighted by molar-refractivity contribution is 6.32. The molecule has 0 saturated carbocycles. The van der Waals surface area contributed by atoms with Crippen LogP contribution in [0.2, 0.25) is 5.02 Å². The molecule has 0 radical (unpaired) electrons. The second kappa shape index (κ2) is 5.52. The van der Waals surface area contributed by atoms with E-state index in [-0.39, 0.29) is 5.78 Å². The van der Waals surface area contributed by atoms with Crippen LogP contribution in [0, 0.1) is 0 Å². The quantitative estimate of drug-likeness (QED) is 0.823. The molecule has 1 N–H and O–H groups in total. The van der Waals surface area contributed by atoms with Crippen molar-refractivity contribution in [1.29, 1.82) is 0 Å². The van der Waals surface area contributed by atoms with Crippen LogP contribution in [0.3, 0.4) is 0 Å². The third-order valence-corrected chi connectivity index (χ3v) is 2.98. The van der Waals surface area contributed by atoms with Gasteiger partial charge in [-0.2, -0.15) is 0 Å². The Hall–Kier alpha value is -1.06. The van der Waals surface area contributed by atoms with Crippen molar-refractivity contribution in [2.75, 3.05) is 13.7 Å². The van der Waals surface area contributed by atoms with Gasteiger partial charge in [-0.05, 0) is 46.0 Å². The molecule has 3 nitrogen and oxygen atoms in total. The molecule has 94 valence electrons. The van der Waals surface area contributed by atoms with E-state index in [4.69, 9.17) is 16.3 Å². The number of hydrogen-bond acceptors (Lipinski definition) is 3. The highest BCUT2D eigenvalue weighted by Gasteiger charge is 2.26. The van der Waals surface area contributed by atoms with Gasteiger partial charge in [0.15, 0.2) is 5.78 Å². The molecule has 1 aromatic carbocycles.